The van der Waals surface area contributed by atoms with E-state index < -0.39 is 53.8 Å². The molecule has 0 atom stereocenters. The Balaban J connectivity index is 0.000000211. The van der Waals surface area contributed by atoms with Gasteiger partial charge in [-0.2, -0.15) is 0 Å². The first kappa shape index (κ1) is 81.1. The second-order valence-electron chi connectivity index (χ2n) is 22.0. The number of carboxylic acid groups (broad SMARTS) is 1. The van der Waals surface area contributed by atoms with Gasteiger partial charge in [-0.1, -0.05) is 36.4 Å². The number of anilines is 9. The number of nitrogens with zero attached hydrogens (tertiary/aromatic N) is 5. The summed E-state index contributed by atoms with van der Waals surface area (Å²) in [4.78, 5) is 125. The number of carbonyl (C=O) groups excluding carboxylic acids is 9. The van der Waals surface area contributed by atoms with Crippen molar-refractivity contribution in [3.05, 3.63) is 223 Å². The third-order valence-corrected chi connectivity index (χ3v) is 17.4. The molecule has 4 aromatic heterocycles. The third kappa shape index (κ3) is 25.4. The number of sulfonamides is 3. The smallest absolute Gasteiger partial charge is 0.335 e. The highest BCUT2D eigenvalue weighted by Crippen LogP contribution is 2.28. The largest absolute Gasteiger partial charge is 0.478 e. The Labute approximate surface area is 615 Å². The number of amides is 9. The summed E-state index contributed by atoms with van der Waals surface area (Å²) in [5, 5.41) is 32.0. The van der Waals surface area contributed by atoms with Crippen LogP contribution in [-0.2, 0) is 58.8 Å². The number of hydrogen-bond acceptors (Lipinski definition) is 23. The number of nitrogen functional groups attached to an aromatic ring is 1. The van der Waals surface area contributed by atoms with Crippen LogP contribution in [0.1, 0.15) is 83.2 Å². The number of nitrogens with one attached hydrogen (secondary N) is 12. The predicted octanol–water partition coefficient (Wildman–Crippen LogP) is 7.18. The van der Waals surface area contributed by atoms with Gasteiger partial charge in [-0.3, -0.25) is 73.6 Å². The van der Waals surface area contributed by atoms with Crippen LogP contribution in [0.3, 0.4) is 0 Å². The lowest BCUT2D eigenvalue weighted by molar-refractivity contribution is -0.115. The second kappa shape index (κ2) is 37.3. The Morgan fingerprint density at radius 3 is 1.06 bits per heavy atom. The maximum atomic E-state index is 12.8. The number of hydrogen-bond donors (Lipinski definition) is 14. The quantitative estimate of drug-likeness (QED) is 0.0192. The molecule has 15 N–H and O–H groups in total. The summed E-state index contributed by atoms with van der Waals surface area (Å²) in [7, 11) is -11.7. The minimum absolute atomic E-state index is 0.00314. The molecule has 0 bridgehead atoms. The monoisotopic (exact) mass is 1530 g/mol. The van der Waals surface area contributed by atoms with E-state index in [2.05, 4.69) is 82.1 Å². The Bertz CT molecular complexity index is 5380. The van der Waals surface area contributed by atoms with E-state index in [1.807, 2.05) is 5.43 Å². The average molecular weight is 1530 g/mol. The second-order valence-corrected chi connectivity index (χ2v) is 27.1. The van der Waals surface area contributed by atoms with Crippen molar-refractivity contribution in [3.63, 3.8) is 0 Å². The van der Waals surface area contributed by atoms with Crippen molar-refractivity contribution in [2.75, 3.05) is 46.1 Å². The fourth-order valence-electron chi connectivity index (χ4n) is 8.77. The normalized spacial score (nSPS) is 10.6. The SMILES string of the molecule is CC(=O)Nc1cccc(C(=O)NN)n1.CC(=O)Nc1cccc(NS(=O)(=O)c2ccc(-c3nnc(-c4cccc(NC(C)=O)n4)o3)cc2)c1.CC(=O)Nc1cccc(NS(=O)(=O)c2ccc(C(=O)NNC(=O)c3cccc(NC(C)=O)n3)cc2)c1.CC(=O)Nc1cccc(NS(=O)(=O)c2ccc(C(=O)O)cc2)c1. The van der Waals surface area contributed by atoms with Gasteiger partial charge in [0.2, 0.25) is 41.3 Å². The molecule has 0 spiro atoms. The molecule has 36 nitrogen and oxygen atoms in total. The lowest BCUT2D eigenvalue weighted by Crippen LogP contribution is -2.42. The Hall–Kier alpha value is -14.2. The summed E-state index contributed by atoms with van der Waals surface area (Å²) in [5.41, 5.74) is 9.60. The molecule has 108 heavy (non-hydrogen) atoms. The topological polar surface area (TPSA) is 541 Å². The molecule has 558 valence electrons. The summed E-state index contributed by atoms with van der Waals surface area (Å²) >= 11 is 0. The van der Waals surface area contributed by atoms with Crippen LogP contribution in [-0.4, -0.2) is 115 Å². The van der Waals surface area contributed by atoms with E-state index in [1.165, 1.54) is 157 Å². The molecule has 10 rings (SSSR count). The molecule has 6 aromatic carbocycles. The number of rotatable bonds is 21. The van der Waals surface area contributed by atoms with Crippen molar-refractivity contribution in [1.82, 2.24) is 41.4 Å². The van der Waals surface area contributed by atoms with E-state index in [4.69, 9.17) is 15.4 Å². The van der Waals surface area contributed by atoms with Crippen LogP contribution in [0, 0.1) is 0 Å². The first-order valence-electron chi connectivity index (χ1n) is 31.1. The molecule has 0 aliphatic heterocycles. The maximum absolute atomic E-state index is 12.8. The highest BCUT2D eigenvalue weighted by atomic mass is 32.2. The molecular weight excluding hydrogens is 1470 g/mol. The third-order valence-electron chi connectivity index (χ3n) is 13.2. The van der Waals surface area contributed by atoms with Crippen LogP contribution >= 0.6 is 0 Å². The fourth-order valence-corrected chi connectivity index (χ4v) is 11.9. The van der Waals surface area contributed by atoms with Crippen molar-refractivity contribution in [3.8, 4) is 23.0 Å². The van der Waals surface area contributed by atoms with Gasteiger partial charge in [0.15, 0.2) is 0 Å². The summed E-state index contributed by atoms with van der Waals surface area (Å²) in [6.07, 6.45) is 0. The standard InChI is InChI=1S/C23H22N6O6S.C23H20N6O5S.C15H14N2O5S.C8H10N4O2/c1-14(30)24-17-5-3-6-18(13-17)29-36(34,35)19-11-9-16(10-12-19)22(32)27-28-23(33)20-7-4-8-21(26-20)25-15(2)31;1-14(30)24-17-5-3-6-18(13-17)29-35(32,33)19-11-9-16(10-12-19)22-27-28-23(34-22)20-7-4-8-21(26-20)25-15(2)31;1-10(18)16-12-3-2-4-13(9-12)17-23(21,22)14-7-5-11(6-8-14)15(19)20;1-5(13)10-7-4-2-3-6(11-7)8(14)12-9/h3-13,29H,1-2H3,(H,24,30)(H,27,32)(H,28,33)(H,25,26,31);3-13,29H,1-2H3,(H,24,30)(H,25,26,31);2-9,17H,1H3,(H,16,18)(H,19,20);2-4H,9H2,1H3,(H,12,14)(H,10,11,13). The number of aromatic carboxylic acids is 1. The molecule has 0 saturated heterocycles. The van der Waals surface area contributed by atoms with Gasteiger partial charge in [0.25, 0.3) is 53.7 Å². The van der Waals surface area contributed by atoms with E-state index in [0.29, 0.717) is 45.6 Å². The first-order valence-corrected chi connectivity index (χ1v) is 35.5. The zero-order valence-corrected chi connectivity index (χ0v) is 59.9. The van der Waals surface area contributed by atoms with E-state index in [-0.39, 0.29) is 102 Å². The minimum atomic E-state index is -3.98. The average Bonchev–Trinajstić information content (AvgIpc) is 1.57. The van der Waals surface area contributed by atoms with Crippen LogP contribution in [0.15, 0.2) is 219 Å². The molecule has 0 unspecified atom stereocenters. The molecule has 0 radical (unpaired) electrons. The van der Waals surface area contributed by atoms with E-state index >= 15 is 0 Å². The molecule has 0 fully saturated rings. The number of hydrazine groups is 2. The summed E-state index contributed by atoms with van der Waals surface area (Å²) < 4.78 is 88.5. The molecule has 10 aromatic rings. The van der Waals surface area contributed by atoms with Gasteiger partial charge >= 0.3 is 5.97 Å². The van der Waals surface area contributed by atoms with Gasteiger partial charge in [0.05, 0.1) is 37.3 Å². The summed E-state index contributed by atoms with van der Waals surface area (Å²) in [5.74, 6) is 1.34. The number of nitrogens with two attached hydrogens (primary N) is 1. The summed E-state index contributed by atoms with van der Waals surface area (Å²) in [6.45, 7) is 8.08. The van der Waals surface area contributed by atoms with Crippen LogP contribution in [0.4, 0.5) is 51.6 Å². The Morgan fingerprint density at radius 2 is 0.676 bits per heavy atom. The molecular formula is C69H66N18O18S3. The van der Waals surface area contributed by atoms with Crippen molar-refractivity contribution in [1.29, 1.82) is 0 Å². The highest BCUT2D eigenvalue weighted by molar-refractivity contribution is 7.93. The predicted molar refractivity (Wildman–Crippen MR) is 395 cm³/mol. The van der Waals surface area contributed by atoms with Crippen LogP contribution in [0.25, 0.3) is 23.0 Å². The molecule has 0 aliphatic rings. The van der Waals surface area contributed by atoms with Crippen molar-refractivity contribution in [2.45, 2.75) is 56.2 Å². The van der Waals surface area contributed by atoms with Crippen molar-refractivity contribution >= 4 is 141 Å². The lowest BCUT2D eigenvalue weighted by atomic mass is 10.2. The number of pyridine rings is 3. The lowest BCUT2D eigenvalue weighted by Gasteiger charge is -2.11. The zero-order valence-electron chi connectivity index (χ0n) is 57.5. The van der Waals surface area contributed by atoms with Crippen LogP contribution in [0.5, 0.6) is 0 Å². The van der Waals surface area contributed by atoms with Gasteiger partial charge < -0.3 is 41.4 Å². The van der Waals surface area contributed by atoms with Gasteiger partial charge in [-0.05, 0) is 164 Å². The molecule has 39 heteroatoms. The van der Waals surface area contributed by atoms with Crippen molar-refractivity contribution < 1.29 is 82.7 Å². The van der Waals surface area contributed by atoms with Gasteiger partial charge in [-0.25, -0.2) is 50.8 Å². The van der Waals surface area contributed by atoms with Crippen molar-refractivity contribution in [2.24, 2.45) is 5.84 Å². The van der Waals surface area contributed by atoms with E-state index in [9.17, 15) is 73.2 Å². The van der Waals surface area contributed by atoms with Gasteiger partial charge in [0.1, 0.15) is 34.5 Å². The first-order chi connectivity index (χ1) is 51.1. The zero-order chi connectivity index (χ0) is 78.9. The number of aromatic nitrogens is 5. The highest BCUT2D eigenvalue weighted by Gasteiger charge is 2.21. The fraction of sp³-hybridized carbons (Fsp3) is 0.0870. The Morgan fingerprint density at radius 1 is 0.352 bits per heavy atom. The minimum Gasteiger partial charge on any atom is -0.478 e. The Kier molecular flexibility index (Phi) is 28.0. The van der Waals surface area contributed by atoms with Crippen LogP contribution < -0.4 is 68.2 Å². The molecule has 0 saturated carbocycles. The molecule has 4 heterocycles. The van der Waals surface area contributed by atoms with Gasteiger partial charge in [-0.15, -0.1) is 10.2 Å². The van der Waals surface area contributed by atoms with Gasteiger partial charge in [0, 0.05) is 69.7 Å². The maximum Gasteiger partial charge on any atom is 0.335 e. The van der Waals surface area contributed by atoms with E-state index in [1.54, 1.807) is 84.9 Å². The molecule has 0 aliphatic carbocycles. The molecule has 9 amide bonds. The number of benzene rings is 6. The van der Waals surface area contributed by atoms with Crippen LogP contribution in [0.2, 0.25) is 0 Å². The number of carboxylic acids is 1. The number of carbonyl (C=O) groups is 10. The summed E-state index contributed by atoms with van der Waals surface area (Å²) in [6, 6.07) is 48.6. The van der Waals surface area contributed by atoms with E-state index in [0.717, 1.165) is 0 Å².